The van der Waals surface area contributed by atoms with E-state index in [-0.39, 0.29) is 0 Å². The van der Waals surface area contributed by atoms with Crippen LogP contribution in [0.3, 0.4) is 0 Å². The standard InChI is InChI=1S/C12H16N2O3S/c1-8(11(15)16)14(2)12(17)13-9-5-4-6-10(7-9)18-3/h4-8H,1-3H3,(H,13,17)(H,15,16). The van der Waals surface area contributed by atoms with Gasteiger partial charge < -0.3 is 15.3 Å². The van der Waals surface area contributed by atoms with Crippen LogP contribution in [-0.2, 0) is 4.79 Å². The average molecular weight is 268 g/mol. The summed E-state index contributed by atoms with van der Waals surface area (Å²) in [6, 6.07) is 6.06. The molecule has 98 valence electrons. The molecule has 0 radical (unpaired) electrons. The molecule has 0 bridgehead atoms. The molecule has 1 aromatic rings. The number of nitrogens with one attached hydrogen (secondary N) is 1. The summed E-state index contributed by atoms with van der Waals surface area (Å²) in [4.78, 5) is 24.8. The second-order valence-electron chi connectivity index (χ2n) is 3.79. The van der Waals surface area contributed by atoms with Gasteiger partial charge in [0.2, 0.25) is 0 Å². The molecule has 0 fully saturated rings. The summed E-state index contributed by atoms with van der Waals surface area (Å²) in [6.07, 6.45) is 1.94. The minimum Gasteiger partial charge on any atom is -0.480 e. The van der Waals surface area contributed by atoms with Crippen molar-refractivity contribution in [3.05, 3.63) is 24.3 Å². The Labute approximate surface area is 110 Å². The van der Waals surface area contributed by atoms with Crippen LogP contribution in [-0.4, -0.2) is 41.4 Å². The fourth-order valence-electron chi connectivity index (χ4n) is 1.25. The minimum absolute atomic E-state index is 0.442. The monoisotopic (exact) mass is 268 g/mol. The van der Waals surface area contributed by atoms with Crippen molar-refractivity contribution < 1.29 is 14.7 Å². The summed E-state index contributed by atoms with van der Waals surface area (Å²) < 4.78 is 0. The maximum Gasteiger partial charge on any atom is 0.326 e. The molecular formula is C12H16N2O3S. The Balaban J connectivity index is 2.72. The van der Waals surface area contributed by atoms with Crippen LogP contribution in [0.5, 0.6) is 0 Å². The molecule has 0 aliphatic heterocycles. The Morgan fingerprint density at radius 1 is 1.44 bits per heavy atom. The molecule has 2 amide bonds. The lowest BCUT2D eigenvalue weighted by Gasteiger charge is -2.21. The molecule has 5 nitrogen and oxygen atoms in total. The van der Waals surface area contributed by atoms with Crippen LogP contribution < -0.4 is 5.32 Å². The molecule has 0 heterocycles. The smallest absolute Gasteiger partial charge is 0.326 e. The van der Waals surface area contributed by atoms with Gasteiger partial charge in [-0.2, -0.15) is 0 Å². The third kappa shape index (κ3) is 3.66. The number of carboxylic acid groups (broad SMARTS) is 1. The van der Waals surface area contributed by atoms with Crippen molar-refractivity contribution in [1.82, 2.24) is 4.90 Å². The lowest BCUT2D eigenvalue weighted by Crippen LogP contribution is -2.42. The second kappa shape index (κ2) is 6.30. The van der Waals surface area contributed by atoms with E-state index in [2.05, 4.69) is 5.32 Å². The van der Waals surface area contributed by atoms with Crippen molar-refractivity contribution in [2.75, 3.05) is 18.6 Å². The maximum atomic E-state index is 11.8. The Morgan fingerprint density at radius 3 is 2.67 bits per heavy atom. The van der Waals surface area contributed by atoms with Crippen molar-refractivity contribution >= 4 is 29.4 Å². The molecule has 1 atom stereocenters. The fourth-order valence-corrected chi connectivity index (χ4v) is 1.71. The van der Waals surface area contributed by atoms with Gasteiger partial charge in [-0.3, -0.25) is 0 Å². The number of hydrogen-bond donors (Lipinski definition) is 2. The van der Waals surface area contributed by atoms with E-state index in [1.165, 1.54) is 14.0 Å². The van der Waals surface area contributed by atoms with Gasteiger partial charge in [0.25, 0.3) is 0 Å². The zero-order chi connectivity index (χ0) is 13.7. The lowest BCUT2D eigenvalue weighted by molar-refractivity contribution is -0.141. The maximum absolute atomic E-state index is 11.8. The molecule has 0 spiro atoms. The van der Waals surface area contributed by atoms with Crippen LogP contribution in [0.2, 0.25) is 0 Å². The Morgan fingerprint density at radius 2 is 2.11 bits per heavy atom. The topological polar surface area (TPSA) is 69.6 Å². The number of carbonyl (C=O) groups excluding carboxylic acids is 1. The molecule has 1 rings (SSSR count). The van der Waals surface area contributed by atoms with Gasteiger partial charge in [0.15, 0.2) is 0 Å². The second-order valence-corrected chi connectivity index (χ2v) is 4.67. The molecule has 18 heavy (non-hydrogen) atoms. The van der Waals surface area contributed by atoms with E-state index in [4.69, 9.17) is 5.11 Å². The van der Waals surface area contributed by atoms with Crippen molar-refractivity contribution in [3.8, 4) is 0 Å². The molecule has 6 heteroatoms. The molecule has 0 saturated carbocycles. The first-order valence-corrected chi connectivity index (χ1v) is 6.59. The molecular weight excluding hydrogens is 252 g/mol. The van der Waals surface area contributed by atoms with Gasteiger partial charge in [0.05, 0.1) is 0 Å². The largest absolute Gasteiger partial charge is 0.480 e. The number of thioether (sulfide) groups is 1. The number of amides is 2. The highest BCUT2D eigenvalue weighted by Gasteiger charge is 2.21. The van der Waals surface area contributed by atoms with Crippen LogP contribution >= 0.6 is 11.8 Å². The van der Waals surface area contributed by atoms with Gasteiger partial charge >= 0.3 is 12.0 Å². The number of anilines is 1. The number of carbonyl (C=O) groups is 2. The van der Waals surface area contributed by atoms with E-state index in [1.54, 1.807) is 17.8 Å². The van der Waals surface area contributed by atoms with Crippen molar-refractivity contribution in [3.63, 3.8) is 0 Å². The fraction of sp³-hybridized carbons (Fsp3) is 0.333. The Hall–Kier alpha value is -1.69. The van der Waals surface area contributed by atoms with Gasteiger partial charge in [-0.05, 0) is 31.4 Å². The van der Waals surface area contributed by atoms with Gasteiger partial charge in [0, 0.05) is 17.6 Å². The summed E-state index contributed by atoms with van der Waals surface area (Å²) in [5.41, 5.74) is 0.649. The highest BCUT2D eigenvalue weighted by atomic mass is 32.2. The van der Waals surface area contributed by atoms with Crippen molar-refractivity contribution in [2.24, 2.45) is 0 Å². The predicted molar refractivity (Wildman–Crippen MR) is 72.1 cm³/mol. The summed E-state index contributed by atoms with van der Waals surface area (Å²) in [5, 5.41) is 11.5. The SMILES string of the molecule is CSc1cccc(NC(=O)N(C)C(C)C(=O)O)c1. The van der Waals surface area contributed by atoms with Crippen molar-refractivity contribution in [2.45, 2.75) is 17.9 Å². The number of likely N-dealkylation sites (N-methyl/N-ethyl adjacent to an activating group) is 1. The van der Waals surface area contributed by atoms with Crippen LogP contribution in [0.4, 0.5) is 10.5 Å². The molecule has 1 unspecified atom stereocenters. The molecule has 0 aliphatic carbocycles. The number of aliphatic carboxylic acids is 1. The highest BCUT2D eigenvalue weighted by molar-refractivity contribution is 7.98. The first-order chi connectivity index (χ1) is 8.45. The lowest BCUT2D eigenvalue weighted by atomic mass is 10.3. The summed E-state index contributed by atoms with van der Waals surface area (Å²) in [6.45, 7) is 1.46. The van der Waals surface area contributed by atoms with Crippen LogP contribution in [0.25, 0.3) is 0 Å². The van der Waals surface area contributed by atoms with Gasteiger partial charge in [-0.1, -0.05) is 6.07 Å². The van der Waals surface area contributed by atoms with E-state index >= 15 is 0 Å². The van der Waals surface area contributed by atoms with E-state index in [0.717, 1.165) is 9.80 Å². The minimum atomic E-state index is -1.04. The Bertz CT molecular complexity index is 451. The molecule has 0 aliphatic rings. The highest BCUT2D eigenvalue weighted by Crippen LogP contribution is 2.19. The number of carboxylic acids is 1. The predicted octanol–water partition coefficient (Wildman–Crippen LogP) is 2.35. The summed E-state index contributed by atoms with van der Waals surface area (Å²) >= 11 is 1.57. The van der Waals surface area contributed by atoms with E-state index in [0.29, 0.717) is 5.69 Å². The molecule has 2 N–H and O–H groups in total. The Kier molecular flexibility index (Phi) is 5.03. The van der Waals surface area contributed by atoms with E-state index in [1.807, 2.05) is 24.5 Å². The average Bonchev–Trinajstić information content (AvgIpc) is 2.36. The molecule has 1 aromatic carbocycles. The van der Waals surface area contributed by atoms with E-state index in [9.17, 15) is 9.59 Å². The number of benzene rings is 1. The van der Waals surface area contributed by atoms with Gasteiger partial charge in [-0.25, -0.2) is 9.59 Å². The first kappa shape index (κ1) is 14.4. The van der Waals surface area contributed by atoms with E-state index < -0.39 is 18.0 Å². The van der Waals surface area contributed by atoms with Crippen molar-refractivity contribution in [1.29, 1.82) is 0 Å². The van der Waals surface area contributed by atoms with Crippen LogP contribution in [0, 0.1) is 0 Å². The molecule has 0 saturated heterocycles. The normalized spacial score (nSPS) is 11.7. The van der Waals surface area contributed by atoms with Gasteiger partial charge in [-0.15, -0.1) is 11.8 Å². The number of urea groups is 1. The number of rotatable bonds is 4. The number of nitrogens with zero attached hydrogens (tertiary/aromatic N) is 1. The zero-order valence-corrected chi connectivity index (χ0v) is 11.3. The number of hydrogen-bond acceptors (Lipinski definition) is 3. The first-order valence-electron chi connectivity index (χ1n) is 5.36. The quantitative estimate of drug-likeness (QED) is 0.822. The third-order valence-corrected chi connectivity index (χ3v) is 3.31. The zero-order valence-electron chi connectivity index (χ0n) is 10.5. The summed E-state index contributed by atoms with van der Waals surface area (Å²) in [7, 11) is 1.45. The van der Waals surface area contributed by atoms with Crippen LogP contribution in [0.1, 0.15) is 6.92 Å². The van der Waals surface area contributed by atoms with Gasteiger partial charge in [0.1, 0.15) is 6.04 Å². The third-order valence-electron chi connectivity index (χ3n) is 2.58. The van der Waals surface area contributed by atoms with Crippen LogP contribution in [0.15, 0.2) is 29.2 Å². The summed E-state index contributed by atoms with van der Waals surface area (Å²) in [5.74, 6) is -1.04. The molecule has 0 aromatic heterocycles.